The van der Waals surface area contributed by atoms with E-state index in [-0.39, 0.29) is 12.7 Å². The van der Waals surface area contributed by atoms with Crippen molar-refractivity contribution < 1.29 is 20.1 Å². The van der Waals surface area contributed by atoms with E-state index >= 15 is 0 Å². The van der Waals surface area contributed by atoms with Gasteiger partial charge in [0, 0.05) is 19.6 Å². The largest absolute Gasteiger partial charge is 0.394 e. The Balaban J connectivity index is 3.98. The SMILES string of the molecule is CC(O)CN(CC(C)O)CC(C)OCCO. The van der Waals surface area contributed by atoms with Crippen molar-refractivity contribution in [3.63, 3.8) is 0 Å². The van der Waals surface area contributed by atoms with Gasteiger partial charge in [0.05, 0.1) is 31.5 Å². The number of ether oxygens (including phenoxy) is 1. The van der Waals surface area contributed by atoms with Gasteiger partial charge in [0.25, 0.3) is 0 Å². The Kier molecular flexibility index (Phi) is 8.78. The first kappa shape index (κ1) is 15.8. The molecule has 0 aliphatic heterocycles. The highest BCUT2D eigenvalue weighted by molar-refractivity contribution is 4.67. The highest BCUT2D eigenvalue weighted by Crippen LogP contribution is 2.00. The van der Waals surface area contributed by atoms with Crippen LogP contribution >= 0.6 is 0 Å². The summed E-state index contributed by atoms with van der Waals surface area (Å²) in [4.78, 5) is 1.96. The maximum absolute atomic E-state index is 9.32. The van der Waals surface area contributed by atoms with Gasteiger partial charge in [-0.15, -0.1) is 0 Å². The second-order valence-corrected chi connectivity index (χ2v) is 4.32. The van der Waals surface area contributed by atoms with Crippen LogP contribution in [0, 0.1) is 0 Å². The smallest absolute Gasteiger partial charge is 0.0701 e. The minimum atomic E-state index is -0.427. The number of hydrogen-bond donors (Lipinski definition) is 3. The van der Waals surface area contributed by atoms with Gasteiger partial charge >= 0.3 is 0 Å². The summed E-state index contributed by atoms with van der Waals surface area (Å²) in [7, 11) is 0. The van der Waals surface area contributed by atoms with Crippen molar-refractivity contribution in [3.8, 4) is 0 Å². The van der Waals surface area contributed by atoms with Gasteiger partial charge < -0.3 is 20.1 Å². The molecule has 0 bridgehead atoms. The van der Waals surface area contributed by atoms with E-state index in [1.54, 1.807) is 13.8 Å². The standard InChI is InChI=1S/C11H25NO4/c1-9(14)6-12(7-10(2)15)8-11(3)16-5-4-13/h9-11,13-15H,4-8H2,1-3H3. The fourth-order valence-corrected chi connectivity index (χ4v) is 1.64. The molecule has 0 rings (SSSR count). The molecule has 0 spiro atoms. The average Bonchev–Trinajstić information content (AvgIpc) is 2.12. The zero-order valence-corrected chi connectivity index (χ0v) is 10.5. The molecule has 3 N–H and O–H groups in total. The van der Waals surface area contributed by atoms with Gasteiger partial charge in [0.1, 0.15) is 0 Å². The van der Waals surface area contributed by atoms with E-state index in [1.807, 2.05) is 11.8 Å². The maximum Gasteiger partial charge on any atom is 0.0701 e. The van der Waals surface area contributed by atoms with E-state index in [0.29, 0.717) is 26.2 Å². The van der Waals surface area contributed by atoms with E-state index in [1.165, 1.54) is 0 Å². The van der Waals surface area contributed by atoms with Crippen molar-refractivity contribution in [2.45, 2.75) is 39.1 Å². The third-order valence-corrected chi connectivity index (χ3v) is 2.05. The van der Waals surface area contributed by atoms with Crippen LogP contribution in [0.5, 0.6) is 0 Å². The van der Waals surface area contributed by atoms with E-state index in [9.17, 15) is 10.2 Å². The molecule has 0 aromatic heterocycles. The summed E-state index contributed by atoms with van der Waals surface area (Å²) >= 11 is 0. The molecule has 5 heteroatoms. The maximum atomic E-state index is 9.32. The zero-order chi connectivity index (χ0) is 12.6. The molecule has 98 valence electrons. The van der Waals surface area contributed by atoms with Crippen LogP contribution in [-0.2, 0) is 4.74 Å². The number of rotatable bonds is 9. The molecular formula is C11H25NO4. The van der Waals surface area contributed by atoms with Crippen LogP contribution in [0.25, 0.3) is 0 Å². The molecule has 0 saturated carbocycles. The Morgan fingerprint density at radius 3 is 1.88 bits per heavy atom. The van der Waals surface area contributed by atoms with Crippen molar-refractivity contribution in [3.05, 3.63) is 0 Å². The highest BCUT2D eigenvalue weighted by Gasteiger charge is 2.14. The summed E-state index contributed by atoms with van der Waals surface area (Å²) in [5, 5.41) is 27.3. The molecule has 0 saturated heterocycles. The number of hydrogen-bond acceptors (Lipinski definition) is 5. The van der Waals surface area contributed by atoms with Gasteiger partial charge in [0.2, 0.25) is 0 Å². The summed E-state index contributed by atoms with van der Waals surface area (Å²) in [6.07, 6.45) is -0.878. The van der Waals surface area contributed by atoms with Crippen LogP contribution in [0.1, 0.15) is 20.8 Å². The number of aliphatic hydroxyl groups excluding tert-OH is 3. The lowest BCUT2D eigenvalue weighted by Gasteiger charge is -2.27. The highest BCUT2D eigenvalue weighted by atomic mass is 16.5. The summed E-state index contributed by atoms with van der Waals surface area (Å²) in [5.74, 6) is 0. The van der Waals surface area contributed by atoms with Crippen molar-refractivity contribution in [2.24, 2.45) is 0 Å². The first-order chi connectivity index (χ1) is 7.45. The molecule has 0 aromatic rings. The molecule has 3 atom stereocenters. The monoisotopic (exact) mass is 235 g/mol. The van der Waals surface area contributed by atoms with Crippen molar-refractivity contribution in [1.82, 2.24) is 4.90 Å². The van der Waals surface area contributed by atoms with E-state index in [4.69, 9.17) is 9.84 Å². The Labute approximate surface area is 97.6 Å². The third kappa shape index (κ3) is 9.06. The molecule has 3 unspecified atom stereocenters. The normalized spacial score (nSPS) is 17.4. The lowest BCUT2D eigenvalue weighted by Crippen LogP contribution is -2.41. The predicted molar refractivity (Wildman–Crippen MR) is 62.3 cm³/mol. The summed E-state index contributed by atoms with van der Waals surface area (Å²) in [5.41, 5.74) is 0. The van der Waals surface area contributed by atoms with E-state index < -0.39 is 12.2 Å². The first-order valence-corrected chi connectivity index (χ1v) is 5.76. The molecule has 0 aliphatic carbocycles. The van der Waals surface area contributed by atoms with E-state index in [2.05, 4.69) is 0 Å². The summed E-state index contributed by atoms with van der Waals surface area (Å²) in [6.45, 7) is 7.33. The van der Waals surface area contributed by atoms with Crippen LogP contribution in [0.4, 0.5) is 0 Å². The van der Waals surface area contributed by atoms with Crippen LogP contribution in [0.15, 0.2) is 0 Å². The van der Waals surface area contributed by atoms with Crippen LogP contribution in [-0.4, -0.2) is 71.4 Å². The fourth-order valence-electron chi connectivity index (χ4n) is 1.64. The second-order valence-electron chi connectivity index (χ2n) is 4.32. The Morgan fingerprint density at radius 2 is 1.50 bits per heavy atom. The second kappa shape index (κ2) is 8.90. The van der Waals surface area contributed by atoms with Crippen LogP contribution in [0.2, 0.25) is 0 Å². The minimum Gasteiger partial charge on any atom is -0.394 e. The molecule has 0 aromatic carbocycles. The van der Waals surface area contributed by atoms with Gasteiger partial charge in [0.15, 0.2) is 0 Å². The molecule has 0 aliphatic rings. The first-order valence-electron chi connectivity index (χ1n) is 5.76. The molecule has 16 heavy (non-hydrogen) atoms. The molecular weight excluding hydrogens is 210 g/mol. The summed E-state index contributed by atoms with van der Waals surface area (Å²) in [6, 6.07) is 0. The van der Waals surface area contributed by atoms with Gasteiger partial charge in [-0.1, -0.05) is 0 Å². The van der Waals surface area contributed by atoms with Gasteiger partial charge in [-0.25, -0.2) is 0 Å². The molecule has 0 radical (unpaired) electrons. The number of aliphatic hydroxyl groups is 3. The third-order valence-electron chi connectivity index (χ3n) is 2.05. The van der Waals surface area contributed by atoms with Crippen molar-refractivity contribution >= 4 is 0 Å². The van der Waals surface area contributed by atoms with Gasteiger partial charge in [-0.05, 0) is 20.8 Å². The lowest BCUT2D eigenvalue weighted by atomic mass is 10.2. The van der Waals surface area contributed by atoms with Crippen LogP contribution in [0.3, 0.4) is 0 Å². The Morgan fingerprint density at radius 1 is 1.00 bits per heavy atom. The predicted octanol–water partition coefficient (Wildman–Crippen LogP) is -0.553. The zero-order valence-electron chi connectivity index (χ0n) is 10.5. The lowest BCUT2D eigenvalue weighted by molar-refractivity contribution is 0.000779. The topological polar surface area (TPSA) is 73.2 Å². The van der Waals surface area contributed by atoms with Gasteiger partial charge in [-0.2, -0.15) is 0 Å². The average molecular weight is 235 g/mol. The quantitative estimate of drug-likeness (QED) is 0.500. The summed E-state index contributed by atoms with van der Waals surface area (Å²) < 4.78 is 5.33. The van der Waals surface area contributed by atoms with Crippen LogP contribution < -0.4 is 0 Å². The molecule has 0 fully saturated rings. The molecule has 0 amide bonds. The molecule has 5 nitrogen and oxygen atoms in total. The minimum absolute atomic E-state index is 0.0111. The van der Waals surface area contributed by atoms with Gasteiger partial charge in [-0.3, -0.25) is 4.90 Å². The number of nitrogens with zero attached hydrogens (tertiary/aromatic N) is 1. The van der Waals surface area contributed by atoms with Crippen molar-refractivity contribution in [2.75, 3.05) is 32.8 Å². The Bertz CT molecular complexity index is 154. The Hall–Kier alpha value is -0.200. The van der Waals surface area contributed by atoms with E-state index in [0.717, 1.165) is 0 Å². The molecule has 0 heterocycles. The van der Waals surface area contributed by atoms with Crippen molar-refractivity contribution in [1.29, 1.82) is 0 Å². The fraction of sp³-hybridized carbons (Fsp3) is 1.00.